The molecule has 1 saturated carbocycles. The molecule has 0 unspecified atom stereocenters. The predicted molar refractivity (Wildman–Crippen MR) is 108 cm³/mol. The van der Waals surface area contributed by atoms with Crippen LogP contribution >= 0.6 is 40.4 Å². The number of hydrazine groups is 1. The standard InChI is InChI=1S/C16H23BrN4S2/c1-10-5-3-8-14(11(10)2)19-16(23)21-20-15(22)18-13-7-4-6-12(17)9-13/h4,6-7,9-11,14H,3,5,8H2,1-2H3,(H2,18,20,22)(H2,19,21,23)/t10-,11+,14+/m0/s1. The molecule has 0 heterocycles. The largest absolute Gasteiger partial charge is 0.358 e. The molecule has 4 N–H and O–H groups in total. The van der Waals surface area contributed by atoms with Gasteiger partial charge < -0.3 is 10.6 Å². The van der Waals surface area contributed by atoms with Gasteiger partial charge in [0, 0.05) is 16.2 Å². The Hall–Kier alpha value is -0.920. The second-order valence-corrected chi connectivity index (χ2v) is 7.79. The van der Waals surface area contributed by atoms with Crippen LogP contribution in [0.2, 0.25) is 0 Å². The van der Waals surface area contributed by atoms with Gasteiger partial charge in [-0.05, 0) is 60.9 Å². The van der Waals surface area contributed by atoms with Crippen LogP contribution in [0.1, 0.15) is 33.1 Å². The normalized spacial score (nSPS) is 23.7. The van der Waals surface area contributed by atoms with E-state index in [4.69, 9.17) is 24.4 Å². The summed E-state index contributed by atoms with van der Waals surface area (Å²) in [7, 11) is 0. The molecule has 0 aliphatic heterocycles. The minimum absolute atomic E-state index is 0.423. The molecule has 1 aliphatic rings. The lowest BCUT2D eigenvalue weighted by Crippen LogP contribution is -2.53. The molecule has 7 heteroatoms. The monoisotopic (exact) mass is 414 g/mol. The van der Waals surface area contributed by atoms with Gasteiger partial charge >= 0.3 is 0 Å². The van der Waals surface area contributed by atoms with Gasteiger partial charge in [-0.2, -0.15) is 0 Å². The second kappa shape index (κ2) is 8.80. The molecule has 0 aromatic heterocycles. The summed E-state index contributed by atoms with van der Waals surface area (Å²) in [5.74, 6) is 1.35. The first kappa shape index (κ1) is 18.4. The van der Waals surface area contributed by atoms with Crippen molar-refractivity contribution in [3.8, 4) is 0 Å². The average Bonchev–Trinajstić information content (AvgIpc) is 2.50. The number of benzene rings is 1. The zero-order valence-electron chi connectivity index (χ0n) is 13.4. The summed E-state index contributed by atoms with van der Waals surface area (Å²) in [6, 6.07) is 8.23. The summed E-state index contributed by atoms with van der Waals surface area (Å²) in [5, 5.41) is 7.54. The number of hydrogen-bond donors (Lipinski definition) is 4. The molecule has 4 nitrogen and oxygen atoms in total. The lowest BCUT2D eigenvalue weighted by atomic mass is 9.78. The fourth-order valence-electron chi connectivity index (χ4n) is 2.83. The molecule has 2 rings (SSSR count). The van der Waals surface area contributed by atoms with Crippen LogP contribution in [-0.2, 0) is 0 Å². The van der Waals surface area contributed by atoms with Crippen LogP contribution in [0.3, 0.4) is 0 Å². The molecule has 0 spiro atoms. The van der Waals surface area contributed by atoms with Crippen LogP contribution in [0.25, 0.3) is 0 Å². The van der Waals surface area contributed by atoms with E-state index >= 15 is 0 Å². The van der Waals surface area contributed by atoms with E-state index in [0.29, 0.717) is 22.2 Å². The topological polar surface area (TPSA) is 48.1 Å². The molecule has 126 valence electrons. The van der Waals surface area contributed by atoms with Gasteiger partial charge in [-0.1, -0.05) is 48.7 Å². The lowest BCUT2D eigenvalue weighted by molar-refractivity contribution is 0.224. The summed E-state index contributed by atoms with van der Waals surface area (Å²) < 4.78 is 0.996. The van der Waals surface area contributed by atoms with Crippen molar-refractivity contribution in [2.24, 2.45) is 11.8 Å². The molecule has 1 fully saturated rings. The zero-order valence-corrected chi connectivity index (χ0v) is 16.6. The highest BCUT2D eigenvalue weighted by Gasteiger charge is 2.27. The summed E-state index contributed by atoms with van der Waals surface area (Å²) in [5.41, 5.74) is 6.78. The van der Waals surface area contributed by atoms with Crippen LogP contribution in [0.5, 0.6) is 0 Å². The van der Waals surface area contributed by atoms with Gasteiger partial charge in [-0.3, -0.25) is 10.9 Å². The second-order valence-electron chi connectivity index (χ2n) is 6.06. The Morgan fingerprint density at radius 2 is 1.87 bits per heavy atom. The Balaban J connectivity index is 1.74. The Bertz CT molecular complexity index is 567. The van der Waals surface area contributed by atoms with E-state index in [-0.39, 0.29) is 0 Å². The van der Waals surface area contributed by atoms with Gasteiger partial charge in [-0.15, -0.1) is 0 Å². The summed E-state index contributed by atoms with van der Waals surface area (Å²) in [6.45, 7) is 4.60. The number of hydrogen-bond acceptors (Lipinski definition) is 2. The Labute approximate surface area is 157 Å². The predicted octanol–water partition coefficient (Wildman–Crippen LogP) is 3.94. The number of nitrogens with one attached hydrogen (secondary N) is 4. The van der Waals surface area contributed by atoms with E-state index in [1.165, 1.54) is 12.8 Å². The first-order chi connectivity index (χ1) is 11.0. The Kier molecular flexibility index (Phi) is 7.05. The maximum Gasteiger partial charge on any atom is 0.189 e. The summed E-state index contributed by atoms with van der Waals surface area (Å²) in [4.78, 5) is 0. The highest BCUT2D eigenvalue weighted by atomic mass is 79.9. The first-order valence-electron chi connectivity index (χ1n) is 7.85. The molecule has 1 aromatic carbocycles. The SMILES string of the molecule is C[C@@H]1[C@@H](C)CCC[C@H]1NC(=S)NNC(=S)Nc1cccc(Br)c1. The van der Waals surface area contributed by atoms with E-state index < -0.39 is 0 Å². The van der Waals surface area contributed by atoms with E-state index in [1.54, 1.807) is 0 Å². The highest BCUT2D eigenvalue weighted by molar-refractivity contribution is 9.10. The summed E-state index contributed by atoms with van der Waals surface area (Å²) in [6.07, 6.45) is 3.72. The summed E-state index contributed by atoms with van der Waals surface area (Å²) >= 11 is 14.0. The Morgan fingerprint density at radius 3 is 2.61 bits per heavy atom. The number of anilines is 1. The van der Waals surface area contributed by atoms with Crippen LogP contribution in [0, 0.1) is 11.8 Å². The van der Waals surface area contributed by atoms with Crippen LogP contribution in [0.15, 0.2) is 28.7 Å². The molecule has 0 bridgehead atoms. The fourth-order valence-corrected chi connectivity index (χ4v) is 3.60. The lowest BCUT2D eigenvalue weighted by Gasteiger charge is -2.35. The number of thiocarbonyl (C=S) groups is 2. The molecule has 0 amide bonds. The van der Waals surface area contributed by atoms with Crippen LogP contribution < -0.4 is 21.5 Å². The minimum Gasteiger partial charge on any atom is -0.358 e. The van der Waals surface area contributed by atoms with E-state index in [1.807, 2.05) is 24.3 Å². The smallest absolute Gasteiger partial charge is 0.189 e. The van der Waals surface area contributed by atoms with Gasteiger partial charge in [0.05, 0.1) is 0 Å². The quantitative estimate of drug-likeness (QED) is 0.434. The average molecular weight is 415 g/mol. The molecule has 1 aromatic rings. The molecule has 0 radical (unpaired) electrons. The third-order valence-electron chi connectivity index (χ3n) is 4.40. The van der Waals surface area contributed by atoms with Crippen molar-refractivity contribution in [1.29, 1.82) is 0 Å². The van der Waals surface area contributed by atoms with Crippen molar-refractivity contribution < 1.29 is 0 Å². The number of rotatable bonds is 2. The van der Waals surface area contributed by atoms with Gasteiger partial charge in [-0.25, -0.2) is 0 Å². The maximum atomic E-state index is 5.35. The van der Waals surface area contributed by atoms with E-state index in [9.17, 15) is 0 Å². The third-order valence-corrected chi connectivity index (χ3v) is 5.31. The van der Waals surface area contributed by atoms with Gasteiger partial charge in [0.15, 0.2) is 10.2 Å². The molecular formula is C16H23BrN4S2. The zero-order chi connectivity index (χ0) is 16.8. The molecule has 1 aliphatic carbocycles. The molecular weight excluding hydrogens is 392 g/mol. The highest BCUT2D eigenvalue weighted by Crippen LogP contribution is 2.29. The van der Waals surface area contributed by atoms with Crippen molar-refractivity contribution in [3.63, 3.8) is 0 Å². The Morgan fingerprint density at radius 1 is 1.13 bits per heavy atom. The fraction of sp³-hybridized carbons (Fsp3) is 0.500. The van der Waals surface area contributed by atoms with Gasteiger partial charge in [0.2, 0.25) is 0 Å². The third kappa shape index (κ3) is 5.90. The van der Waals surface area contributed by atoms with Crippen LogP contribution in [-0.4, -0.2) is 16.3 Å². The molecule has 3 atom stereocenters. The van der Waals surface area contributed by atoms with E-state index in [0.717, 1.165) is 22.5 Å². The van der Waals surface area contributed by atoms with Gasteiger partial charge in [0.1, 0.15) is 0 Å². The van der Waals surface area contributed by atoms with Gasteiger partial charge in [0.25, 0.3) is 0 Å². The number of halogens is 1. The van der Waals surface area contributed by atoms with Crippen molar-refractivity contribution in [1.82, 2.24) is 16.2 Å². The first-order valence-corrected chi connectivity index (χ1v) is 9.45. The van der Waals surface area contributed by atoms with Crippen molar-refractivity contribution >= 4 is 56.3 Å². The van der Waals surface area contributed by atoms with Crippen molar-refractivity contribution in [2.75, 3.05) is 5.32 Å². The molecule has 23 heavy (non-hydrogen) atoms. The maximum absolute atomic E-state index is 5.35. The molecule has 0 saturated heterocycles. The van der Waals surface area contributed by atoms with Crippen LogP contribution in [0.4, 0.5) is 5.69 Å². The minimum atomic E-state index is 0.423. The van der Waals surface area contributed by atoms with Crippen molar-refractivity contribution in [2.45, 2.75) is 39.2 Å². The van der Waals surface area contributed by atoms with E-state index in [2.05, 4.69) is 51.3 Å². The van der Waals surface area contributed by atoms with Crippen molar-refractivity contribution in [3.05, 3.63) is 28.7 Å².